The van der Waals surface area contributed by atoms with Gasteiger partial charge in [0.1, 0.15) is 10.8 Å². The van der Waals surface area contributed by atoms with Crippen LogP contribution in [0.15, 0.2) is 83.6 Å². The highest BCUT2D eigenvalue weighted by Gasteiger charge is 2.17. The first-order valence-corrected chi connectivity index (χ1v) is 11.8. The Kier molecular flexibility index (Phi) is 5.79. The van der Waals surface area contributed by atoms with Crippen LogP contribution >= 0.6 is 23.1 Å². The van der Waals surface area contributed by atoms with Crippen LogP contribution in [0.5, 0.6) is 0 Å². The summed E-state index contributed by atoms with van der Waals surface area (Å²) in [5, 5.41) is 12.6. The highest BCUT2D eigenvalue weighted by molar-refractivity contribution is 7.98. The smallest absolute Gasteiger partial charge is 0.196 e. The molecule has 5 aromatic rings. The second-order valence-corrected chi connectivity index (χ2v) is 8.95. The van der Waals surface area contributed by atoms with Gasteiger partial charge >= 0.3 is 0 Å². The predicted octanol–water partition coefficient (Wildman–Crippen LogP) is 6.19. The molecule has 0 saturated carbocycles. The van der Waals surface area contributed by atoms with Crippen LogP contribution in [0, 0.1) is 12.7 Å². The summed E-state index contributed by atoms with van der Waals surface area (Å²) in [4.78, 5) is 8.82. The zero-order valence-electron chi connectivity index (χ0n) is 17.1. The summed E-state index contributed by atoms with van der Waals surface area (Å²) in [6, 6.07) is 18.6. The molecule has 2 aromatic carbocycles. The van der Waals surface area contributed by atoms with Crippen LogP contribution in [-0.2, 0) is 5.75 Å². The van der Waals surface area contributed by atoms with Crippen LogP contribution < -0.4 is 0 Å². The van der Waals surface area contributed by atoms with E-state index in [9.17, 15) is 4.39 Å². The fourth-order valence-corrected chi connectivity index (χ4v) is 4.99. The van der Waals surface area contributed by atoms with Gasteiger partial charge < -0.3 is 0 Å². The van der Waals surface area contributed by atoms with Gasteiger partial charge in [-0.1, -0.05) is 29.5 Å². The topological polar surface area (TPSA) is 56.5 Å². The predicted molar refractivity (Wildman–Crippen MR) is 126 cm³/mol. The fraction of sp³-hybridized carbons (Fsp3) is 0.0833. The SMILES string of the molecule is Cc1ccc(-n2c(SCc3csc(-c4ccc(F)cc4)n3)nnc2-c2ccncc2)cc1. The second-order valence-electron chi connectivity index (χ2n) is 7.15. The van der Waals surface area contributed by atoms with E-state index in [1.165, 1.54) is 17.7 Å². The first-order chi connectivity index (χ1) is 15.7. The van der Waals surface area contributed by atoms with E-state index in [2.05, 4.69) is 50.9 Å². The molecule has 0 aliphatic heterocycles. The molecule has 3 heterocycles. The molecule has 0 atom stereocenters. The van der Waals surface area contributed by atoms with Crippen molar-refractivity contribution in [1.82, 2.24) is 24.7 Å². The molecule has 0 unspecified atom stereocenters. The molecule has 5 rings (SSSR count). The number of hydrogen-bond acceptors (Lipinski definition) is 6. The second kappa shape index (κ2) is 9.02. The lowest BCUT2D eigenvalue weighted by atomic mass is 10.2. The zero-order valence-corrected chi connectivity index (χ0v) is 18.8. The van der Waals surface area contributed by atoms with Crippen molar-refractivity contribution in [3.8, 4) is 27.6 Å². The maximum absolute atomic E-state index is 13.2. The molecule has 0 bridgehead atoms. The van der Waals surface area contributed by atoms with E-state index in [1.54, 1.807) is 47.6 Å². The lowest BCUT2D eigenvalue weighted by Gasteiger charge is -2.10. The van der Waals surface area contributed by atoms with Crippen LogP contribution in [-0.4, -0.2) is 24.7 Å². The Hall–Kier alpha value is -3.36. The minimum atomic E-state index is -0.249. The Balaban J connectivity index is 1.43. The number of aryl methyl sites for hydroxylation is 1. The summed E-state index contributed by atoms with van der Waals surface area (Å²) in [5.41, 5.74) is 5.00. The van der Waals surface area contributed by atoms with Gasteiger partial charge in [0.05, 0.1) is 5.69 Å². The highest BCUT2D eigenvalue weighted by atomic mass is 32.2. The van der Waals surface area contributed by atoms with E-state index in [4.69, 9.17) is 4.98 Å². The van der Waals surface area contributed by atoms with Crippen LogP contribution in [0.3, 0.4) is 0 Å². The standard InChI is InChI=1S/C24H18FN5S2/c1-16-2-8-21(9-3-16)30-22(17-10-12-26-13-11-17)28-29-24(30)32-15-20-14-31-23(27-20)18-4-6-19(25)7-5-18/h2-14H,15H2,1H3. The van der Waals surface area contributed by atoms with E-state index in [1.807, 2.05) is 17.5 Å². The molecule has 8 heteroatoms. The first kappa shape index (κ1) is 20.5. The number of thioether (sulfide) groups is 1. The lowest BCUT2D eigenvalue weighted by Crippen LogP contribution is -2.00. The highest BCUT2D eigenvalue weighted by Crippen LogP contribution is 2.31. The number of benzene rings is 2. The minimum Gasteiger partial charge on any atom is -0.270 e. The zero-order chi connectivity index (χ0) is 21.9. The molecule has 0 aliphatic carbocycles. The Bertz CT molecular complexity index is 1330. The van der Waals surface area contributed by atoms with Crippen molar-refractivity contribution in [3.63, 3.8) is 0 Å². The molecule has 0 radical (unpaired) electrons. The third-order valence-electron chi connectivity index (χ3n) is 4.86. The number of thiazole rings is 1. The molecule has 5 nitrogen and oxygen atoms in total. The van der Waals surface area contributed by atoms with E-state index in [0.717, 1.165) is 38.5 Å². The molecule has 0 saturated heterocycles. The monoisotopic (exact) mass is 459 g/mol. The number of halogens is 1. The summed E-state index contributed by atoms with van der Waals surface area (Å²) in [6.45, 7) is 2.07. The molecule has 3 aromatic heterocycles. The van der Waals surface area contributed by atoms with Crippen LogP contribution in [0.4, 0.5) is 4.39 Å². The normalized spacial score (nSPS) is 11.1. The number of rotatable bonds is 6. The van der Waals surface area contributed by atoms with Gasteiger partial charge in [0.25, 0.3) is 0 Å². The minimum absolute atomic E-state index is 0.249. The van der Waals surface area contributed by atoms with Crippen molar-refractivity contribution in [2.24, 2.45) is 0 Å². The number of nitrogens with zero attached hydrogens (tertiary/aromatic N) is 5. The van der Waals surface area contributed by atoms with Gasteiger partial charge in [0.15, 0.2) is 11.0 Å². The Morgan fingerprint density at radius 1 is 0.906 bits per heavy atom. The van der Waals surface area contributed by atoms with Crippen molar-refractivity contribution < 1.29 is 4.39 Å². The summed E-state index contributed by atoms with van der Waals surface area (Å²) < 4.78 is 15.3. The quantitative estimate of drug-likeness (QED) is 0.283. The van der Waals surface area contributed by atoms with Crippen LogP contribution in [0.2, 0.25) is 0 Å². The van der Waals surface area contributed by atoms with Crippen molar-refractivity contribution in [2.45, 2.75) is 17.8 Å². The molecule has 32 heavy (non-hydrogen) atoms. The third-order valence-corrected chi connectivity index (χ3v) is 6.76. The summed E-state index contributed by atoms with van der Waals surface area (Å²) in [5.74, 6) is 1.17. The number of pyridine rings is 1. The van der Waals surface area contributed by atoms with Crippen molar-refractivity contribution in [3.05, 3.63) is 95.5 Å². The molecular weight excluding hydrogens is 441 g/mol. The fourth-order valence-electron chi connectivity index (χ4n) is 3.21. The molecule has 0 N–H and O–H groups in total. The Labute approximate surface area is 193 Å². The van der Waals surface area contributed by atoms with E-state index in [0.29, 0.717) is 5.75 Å². The first-order valence-electron chi connectivity index (χ1n) is 9.93. The van der Waals surface area contributed by atoms with Crippen LogP contribution in [0.25, 0.3) is 27.6 Å². The van der Waals surface area contributed by atoms with Crippen molar-refractivity contribution in [1.29, 1.82) is 0 Å². The molecule has 158 valence electrons. The van der Waals surface area contributed by atoms with Gasteiger partial charge in [-0.15, -0.1) is 21.5 Å². The van der Waals surface area contributed by atoms with E-state index in [-0.39, 0.29) is 5.82 Å². The summed E-state index contributed by atoms with van der Waals surface area (Å²) in [6.07, 6.45) is 3.51. The van der Waals surface area contributed by atoms with Gasteiger partial charge in [-0.3, -0.25) is 9.55 Å². The molecule has 0 amide bonds. The largest absolute Gasteiger partial charge is 0.270 e. The summed E-state index contributed by atoms with van der Waals surface area (Å²) >= 11 is 3.13. The van der Waals surface area contributed by atoms with E-state index < -0.39 is 0 Å². The van der Waals surface area contributed by atoms with Crippen LogP contribution in [0.1, 0.15) is 11.3 Å². The van der Waals surface area contributed by atoms with Crippen molar-refractivity contribution in [2.75, 3.05) is 0 Å². The summed E-state index contributed by atoms with van der Waals surface area (Å²) in [7, 11) is 0. The average Bonchev–Trinajstić information content (AvgIpc) is 3.47. The molecule has 0 aliphatic rings. The molecule has 0 fully saturated rings. The maximum Gasteiger partial charge on any atom is 0.196 e. The lowest BCUT2D eigenvalue weighted by molar-refractivity contribution is 0.628. The van der Waals surface area contributed by atoms with Gasteiger partial charge in [0, 0.05) is 40.3 Å². The number of hydrogen-bond donors (Lipinski definition) is 0. The Morgan fingerprint density at radius 2 is 1.66 bits per heavy atom. The third kappa shape index (κ3) is 4.32. The molecule has 0 spiro atoms. The van der Waals surface area contributed by atoms with Gasteiger partial charge in [-0.25, -0.2) is 9.37 Å². The van der Waals surface area contributed by atoms with Gasteiger partial charge in [0.2, 0.25) is 0 Å². The van der Waals surface area contributed by atoms with Gasteiger partial charge in [-0.2, -0.15) is 0 Å². The molecular formula is C24H18FN5S2. The van der Waals surface area contributed by atoms with Crippen molar-refractivity contribution >= 4 is 23.1 Å². The Morgan fingerprint density at radius 3 is 2.41 bits per heavy atom. The maximum atomic E-state index is 13.2. The van der Waals surface area contributed by atoms with E-state index >= 15 is 0 Å². The van der Waals surface area contributed by atoms with Gasteiger partial charge in [-0.05, 0) is 55.5 Å². The average molecular weight is 460 g/mol. The number of aromatic nitrogens is 5.